The summed E-state index contributed by atoms with van der Waals surface area (Å²) in [5.41, 5.74) is 1.07. The summed E-state index contributed by atoms with van der Waals surface area (Å²) >= 11 is 5.97. The van der Waals surface area contributed by atoms with E-state index in [9.17, 15) is 9.59 Å². The zero-order chi connectivity index (χ0) is 18.4. The van der Waals surface area contributed by atoms with Gasteiger partial charge in [0.25, 0.3) is 0 Å². The molecule has 1 saturated heterocycles. The van der Waals surface area contributed by atoms with Crippen molar-refractivity contribution in [3.05, 3.63) is 47.5 Å². The van der Waals surface area contributed by atoms with Gasteiger partial charge in [0.1, 0.15) is 0 Å². The lowest BCUT2D eigenvalue weighted by atomic mass is 9.93. The number of hydrogen-bond donors (Lipinski definition) is 1. The second kappa shape index (κ2) is 9.04. The van der Waals surface area contributed by atoms with Crippen molar-refractivity contribution in [2.45, 2.75) is 39.2 Å². The molecule has 1 aliphatic rings. The van der Waals surface area contributed by atoms with Crippen molar-refractivity contribution in [2.24, 2.45) is 11.8 Å². The van der Waals surface area contributed by atoms with E-state index in [0.29, 0.717) is 36.9 Å². The van der Waals surface area contributed by atoms with Gasteiger partial charge in [0.2, 0.25) is 11.8 Å². The molecule has 1 heterocycles. The monoisotopic (exact) mass is 362 g/mol. The van der Waals surface area contributed by atoms with Crippen LogP contribution in [0, 0.1) is 11.8 Å². The molecule has 1 aliphatic heterocycles. The van der Waals surface area contributed by atoms with Gasteiger partial charge >= 0.3 is 0 Å². The van der Waals surface area contributed by atoms with Gasteiger partial charge < -0.3 is 10.2 Å². The van der Waals surface area contributed by atoms with E-state index in [1.165, 1.54) is 6.08 Å². The lowest BCUT2D eigenvalue weighted by Gasteiger charge is -2.32. The summed E-state index contributed by atoms with van der Waals surface area (Å²) in [6, 6.07) is 7.64. The highest BCUT2D eigenvalue weighted by molar-refractivity contribution is 6.30. The number of nitrogens with zero attached hydrogens (tertiary/aromatic N) is 1. The molecule has 5 heteroatoms. The standard InChI is InChI=1S/C20H27ClN2O2/c1-4-19(24)23-11-9-16(10-12-23)20(25)22-18(13-14(2)3)15-5-7-17(21)8-6-15/h4-8,14,16,18H,1,9-13H2,2-3H3,(H,22,25). The summed E-state index contributed by atoms with van der Waals surface area (Å²) in [5, 5.41) is 3.90. The number of rotatable bonds is 6. The maximum Gasteiger partial charge on any atom is 0.245 e. The van der Waals surface area contributed by atoms with Gasteiger partial charge in [-0.15, -0.1) is 0 Å². The van der Waals surface area contributed by atoms with Gasteiger partial charge in [0.05, 0.1) is 6.04 Å². The van der Waals surface area contributed by atoms with Crippen molar-refractivity contribution >= 4 is 23.4 Å². The number of hydrogen-bond acceptors (Lipinski definition) is 2. The van der Waals surface area contributed by atoms with Crippen LogP contribution in [-0.2, 0) is 9.59 Å². The summed E-state index contributed by atoms with van der Waals surface area (Å²) in [7, 11) is 0. The number of carbonyl (C=O) groups is 2. The molecule has 1 unspecified atom stereocenters. The zero-order valence-corrected chi connectivity index (χ0v) is 15.8. The van der Waals surface area contributed by atoms with Crippen molar-refractivity contribution in [1.29, 1.82) is 0 Å². The quantitative estimate of drug-likeness (QED) is 0.778. The number of likely N-dealkylation sites (tertiary alicyclic amines) is 1. The highest BCUT2D eigenvalue weighted by Gasteiger charge is 2.28. The first-order chi connectivity index (χ1) is 11.9. The Morgan fingerprint density at radius 2 is 1.88 bits per heavy atom. The summed E-state index contributed by atoms with van der Waals surface area (Å²) in [4.78, 5) is 26.1. The first-order valence-electron chi connectivity index (χ1n) is 8.88. The molecular formula is C20H27ClN2O2. The van der Waals surface area contributed by atoms with Crippen LogP contribution >= 0.6 is 11.6 Å². The summed E-state index contributed by atoms with van der Waals surface area (Å²) in [6.07, 6.45) is 3.60. The van der Waals surface area contributed by atoms with Crippen LogP contribution < -0.4 is 5.32 Å². The van der Waals surface area contributed by atoms with E-state index in [-0.39, 0.29) is 23.8 Å². The van der Waals surface area contributed by atoms with Crippen LogP contribution in [0.5, 0.6) is 0 Å². The summed E-state index contributed by atoms with van der Waals surface area (Å²) in [5.74, 6) is 0.438. The van der Waals surface area contributed by atoms with E-state index >= 15 is 0 Å². The predicted octanol–water partition coefficient (Wildman–Crippen LogP) is 3.97. The highest BCUT2D eigenvalue weighted by Crippen LogP contribution is 2.25. The molecule has 1 fully saturated rings. The van der Waals surface area contributed by atoms with Crippen molar-refractivity contribution in [3.63, 3.8) is 0 Å². The second-order valence-corrected chi connectivity index (χ2v) is 7.48. The zero-order valence-electron chi connectivity index (χ0n) is 15.0. The topological polar surface area (TPSA) is 49.4 Å². The molecule has 2 rings (SSSR count). The minimum atomic E-state index is -0.0577. The Kier molecular flexibility index (Phi) is 7.06. The summed E-state index contributed by atoms with van der Waals surface area (Å²) < 4.78 is 0. The molecule has 0 radical (unpaired) electrons. The van der Waals surface area contributed by atoms with Gasteiger partial charge in [-0.2, -0.15) is 0 Å². The Labute approximate surface area is 155 Å². The van der Waals surface area contributed by atoms with Gasteiger partial charge in [-0.3, -0.25) is 9.59 Å². The molecule has 0 saturated carbocycles. The van der Waals surface area contributed by atoms with Gasteiger partial charge in [-0.1, -0.05) is 44.2 Å². The van der Waals surface area contributed by atoms with Crippen LogP contribution in [0.15, 0.2) is 36.9 Å². The van der Waals surface area contributed by atoms with E-state index in [1.54, 1.807) is 4.90 Å². The van der Waals surface area contributed by atoms with Gasteiger partial charge in [0.15, 0.2) is 0 Å². The summed E-state index contributed by atoms with van der Waals surface area (Å²) in [6.45, 7) is 9.03. The van der Waals surface area contributed by atoms with Gasteiger partial charge in [-0.05, 0) is 49.0 Å². The largest absolute Gasteiger partial charge is 0.349 e. The normalized spacial score (nSPS) is 16.6. The lowest BCUT2D eigenvalue weighted by molar-refractivity contribution is -0.132. The maximum absolute atomic E-state index is 12.7. The molecular weight excluding hydrogens is 336 g/mol. The van der Waals surface area contributed by atoms with Crippen LogP contribution in [0.1, 0.15) is 44.7 Å². The maximum atomic E-state index is 12.7. The fraction of sp³-hybridized carbons (Fsp3) is 0.500. The first-order valence-corrected chi connectivity index (χ1v) is 9.25. The second-order valence-electron chi connectivity index (χ2n) is 7.05. The van der Waals surface area contributed by atoms with E-state index in [2.05, 4.69) is 25.7 Å². The molecule has 1 atom stereocenters. The van der Waals surface area contributed by atoms with Crippen LogP contribution in [0.4, 0.5) is 0 Å². The minimum Gasteiger partial charge on any atom is -0.349 e. The SMILES string of the molecule is C=CC(=O)N1CCC(C(=O)NC(CC(C)C)c2ccc(Cl)cc2)CC1. The molecule has 0 spiro atoms. The Morgan fingerprint density at radius 3 is 2.40 bits per heavy atom. The highest BCUT2D eigenvalue weighted by atomic mass is 35.5. The van der Waals surface area contributed by atoms with Crippen molar-refractivity contribution in [3.8, 4) is 0 Å². The van der Waals surface area contributed by atoms with E-state index in [4.69, 9.17) is 11.6 Å². The number of benzene rings is 1. The molecule has 0 bridgehead atoms. The fourth-order valence-electron chi connectivity index (χ4n) is 3.23. The third-order valence-corrected chi connectivity index (χ3v) is 4.90. The Bertz CT molecular complexity index is 605. The molecule has 25 heavy (non-hydrogen) atoms. The van der Waals surface area contributed by atoms with Crippen molar-refractivity contribution < 1.29 is 9.59 Å². The number of amides is 2. The van der Waals surface area contributed by atoms with E-state index < -0.39 is 0 Å². The molecule has 4 nitrogen and oxygen atoms in total. The molecule has 1 aromatic carbocycles. The molecule has 1 N–H and O–H groups in total. The van der Waals surface area contributed by atoms with E-state index in [0.717, 1.165) is 12.0 Å². The number of carbonyl (C=O) groups excluding carboxylic acids is 2. The molecule has 2 amide bonds. The minimum absolute atomic E-state index is 0.0161. The first kappa shape index (κ1) is 19.5. The number of halogens is 1. The lowest BCUT2D eigenvalue weighted by Crippen LogP contribution is -2.43. The third kappa shape index (κ3) is 5.60. The molecule has 0 aromatic heterocycles. The molecule has 136 valence electrons. The number of nitrogens with one attached hydrogen (secondary N) is 1. The molecule has 0 aliphatic carbocycles. The van der Waals surface area contributed by atoms with Crippen LogP contribution in [0.25, 0.3) is 0 Å². The Hall–Kier alpha value is -1.81. The Morgan fingerprint density at radius 1 is 1.28 bits per heavy atom. The van der Waals surface area contributed by atoms with Crippen molar-refractivity contribution in [1.82, 2.24) is 10.2 Å². The Balaban J connectivity index is 1.99. The van der Waals surface area contributed by atoms with Gasteiger partial charge in [0, 0.05) is 24.0 Å². The number of piperidine rings is 1. The van der Waals surface area contributed by atoms with E-state index in [1.807, 2.05) is 24.3 Å². The molecule has 1 aromatic rings. The average Bonchev–Trinajstić information content (AvgIpc) is 2.60. The van der Waals surface area contributed by atoms with Crippen molar-refractivity contribution in [2.75, 3.05) is 13.1 Å². The van der Waals surface area contributed by atoms with Crippen LogP contribution in [0.3, 0.4) is 0 Å². The van der Waals surface area contributed by atoms with Gasteiger partial charge in [-0.25, -0.2) is 0 Å². The average molecular weight is 363 g/mol. The predicted molar refractivity (Wildman–Crippen MR) is 101 cm³/mol. The van der Waals surface area contributed by atoms with Crippen LogP contribution in [0.2, 0.25) is 5.02 Å². The smallest absolute Gasteiger partial charge is 0.245 e. The van der Waals surface area contributed by atoms with Crippen LogP contribution in [-0.4, -0.2) is 29.8 Å². The fourth-order valence-corrected chi connectivity index (χ4v) is 3.35. The third-order valence-electron chi connectivity index (χ3n) is 4.65.